The van der Waals surface area contributed by atoms with Crippen molar-refractivity contribution in [3.8, 4) is 0 Å². The van der Waals surface area contributed by atoms with E-state index < -0.39 is 0 Å². The van der Waals surface area contributed by atoms with Crippen molar-refractivity contribution in [3.63, 3.8) is 0 Å². The number of thiophene rings is 1. The summed E-state index contributed by atoms with van der Waals surface area (Å²) in [5.41, 5.74) is 5.64. The van der Waals surface area contributed by atoms with Gasteiger partial charge in [-0.3, -0.25) is 0 Å². The molecule has 11 heavy (non-hydrogen) atoms. The summed E-state index contributed by atoms with van der Waals surface area (Å²) in [6.07, 6.45) is 1.70. The van der Waals surface area contributed by atoms with E-state index in [9.17, 15) is 0 Å². The molecule has 0 fully saturated rings. The van der Waals surface area contributed by atoms with Crippen LogP contribution in [0.2, 0.25) is 4.34 Å². The van der Waals surface area contributed by atoms with Gasteiger partial charge in [0.1, 0.15) is 0 Å². The van der Waals surface area contributed by atoms with Crippen molar-refractivity contribution >= 4 is 35.3 Å². The molecule has 1 aromatic rings. The fourth-order valence-corrected chi connectivity index (χ4v) is 1.68. The zero-order chi connectivity index (χ0) is 7.56. The highest BCUT2D eigenvalue weighted by molar-refractivity contribution is 7.16. The van der Waals surface area contributed by atoms with Crippen LogP contribution < -0.4 is 5.73 Å². The van der Waals surface area contributed by atoms with E-state index in [1.165, 1.54) is 11.3 Å². The second-order valence-electron chi connectivity index (χ2n) is 1.90. The molecule has 0 radical (unpaired) electrons. The predicted molar refractivity (Wildman–Crippen MR) is 53.7 cm³/mol. The molecule has 0 aliphatic rings. The second-order valence-corrected chi connectivity index (χ2v) is 3.65. The summed E-state index contributed by atoms with van der Waals surface area (Å²) >= 11 is 7.18. The Morgan fingerprint density at radius 2 is 2.27 bits per heavy atom. The van der Waals surface area contributed by atoms with E-state index in [0.717, 1.165) is 9.21 Å². The van der Waals surface area contributed by atoms with Crippen molar-refractivity contribution in [3.05, 3.63) is 34.0 Å². The summed E-state index contributed by atoms with van der Waals surface area (Å²) in [6.45, 7) is 3.58. The van der Waals surface area contributed by atoms with Gasteiger partial charge in [0, 0.05) is 4.88 Å². The summed E-state index contributed by atoms with van der Waals surface area (Å²) in [5, 5.41) is 0. The molecule has 1 rings (SSSR count). The topological polar surface area (TPSA) is 26.0 Å². The molecule has 62 valence electrons. The molecule has 0 spiro atoms. The fraction of sp³-hybridized carbons (Fsp3) is 0.143. The quantitative estimate of drug-likeness (QED) is 0.746. The fourth-order valence-electron chi connectivity index (χ4n) is 0.624. The molecule has 1 nitrogen and oxygen atoms in total. The monoisotopic (exact) mass is 209 g/mol. The third kappa shape index (κ3) is 2.83. The van der Waals surface area contributed by atoms with E-state index in [2.05, 4.69) is 6.58 Å². The van der Waals surface area contributed by atoms with Crippen LogP contribution >= 0.6 is 35.3 Å². The SMILES string of the molecule is C=C[C@H](N)c1ccc(Cl)s1.Cl. The van der Waals surface area contributed by atoms with Gasteiger partial charge in [-0.25, -0.2) is 0 Å². The lowest BCUT2D eigenvalue weighted by Gasteiger charge is -1.98. The zero-order valence-corrected chi connectivity index (χ0v) is 8.18. The maximum atomic E-state index is 5.69. The minimum atomic E-state index is -0.0718. The van der Waals surface area contributed by atoms with Crippen molar-refractivity contribution in [1.82, 2.24) is 0 Å². The highest BCUT2D eigenvalue weighted by Gasteiger charge is 2.02. The summed E-state index contributed by atoms with van der Waals surface area (Å²) in [7, 11) is 0. The van der Waals surface area contributed by atoms with Crippen molar-refractivity contribution in [2.75, 3.05) is 0 Å². The highest BCUT2D eigenvalue weighted by atomic mass is 35.5. The Bertz CT molecular complexity index is 234. The van der Waals surface area contributed by atoms with Crippen LogP contribution in [0.3, 0.4) is 0 Å². The molecule has 4 heteroatoms. The van der Waals surface area contributed by atoms with Crippen LogP contribution in [0.5, 0.6) is 0 Å². The first-order valence-electron chi connectivity index (χ1n) is 2.87. The van der Waals surface area contributed by atoms with Gasteiger partial charge in [-0.2, -0.15) is 0 Å². The Balaban J connectivity index is 0.000001000. The molecule has 0 unspecified atom stereocenters. The van der Waals surface area contributed by atoms with E-state index in [1.807, 2.05) is 12.1 Å². The third-order valence-corrected chi connectivity index (χ3v) is 2.51. The first-order chi connectivity index (χ1) is 4.74. The first kappa shape index (κ1) is 11.0. The van der Waals surface area contributed by atoms with Crippen molar-refractivity contribution in [1.29, 1.82) is 0 Å². The van der Waals surface area contributed by atoms with E-state index >= 15 is 0 Å². The molecule has 0 aromatic carbocycles. The van der Waals surface area contributed by atoms with Gasteiger partial charge < -0.3 is 5.73 Å². The van der Waals surface area contributed by atoms with E-state index in [1.54, 1.807) is 6.08 Å². The molecule has 1 heterocycles. The van der Waals surface area contributed by atoms with Crippen LogP contribution in [0.4, 0.5) is 0 Å². The van der Waals surface area contributed by atoms with E-state index in [4.69, 9.17) is 17.3 Å². The lowest BCUT2D eigenvalue weighted by Crippen LogP contribution is -2.03. The maximum Gasteiger partial charge on any atom is 0.0931 e. The molecule has 0 aliphatic carbocycles. The van der Waals surface area contributed by atoms with Crippen LogP contribution in [0.25, 0.3) is 0 Å². The summed E-state index contributed by atoms with van der Waals surface area (Å²) in [6, 6.07) is 3.68. The van der Waals surface area contributed by atoms with Crippen LogP contribution in [0.15, 0.2) is 24.8 Å². The Hall–Kier alpha value is -0.0200. The van der Waals surface area contributed by atoms with Gasteiger partial charge in [-0.05, 0) is 12.1 Å². The molecular formula is C7H9Cl2NS. The van der Waals surface area contributed by atoms with Gasteiger partial charge >= 0.3 is 0 Å². The Morgan fingerprint density at radius 3 is 2.64 bits per heavy atom. The van der Waals surface area contributed by atoms with Gasteiger partial charge in [-0.1, -0.05) is 17.7 Å². The first-order valence-corrected chi connectivity index (χ1v) is 4.07. The Labute approximate surface area is 81.3 Å². The number of hydrogen-bond donors (Lipinski definition) is 1. The summed E-state index contributed by atoms with van der Waals surface area (Å²) in [4.78, 5) is 1.06. The predicted octanol–water partition coefficient (Wildman–Crippen LogP) is 3.01. The van der Waals surface area contributed by atoms with Crippen molar-refractivity contribution in [2.24, 2.45) is 5.73 Å². The molecule has 2 N–H and O–H groups in total. The third-order valence-electron chi connectivity index (χ3n) is 1.18. The minimum Gasteiger partial charge on any atom is -0.320 e. The van der Waals surface area contributed by atoms with E-state index in [-0.39, 0.29) is 18.4 Å². The normalized spacial score (nSPS) is 11.8. The van der Waals surface area contributed by atoms with E-state index in [0.29, 0.717) is 0 Å². The molecule has 0 aliphatic heterocycles. The highest BCUT2D eigenvalue weighted by Crippen LogP contribution is 2.25. The lowest BCUT2D eigenvalue weighted by atomic mass is 10.2. The van der Waals surface area contributed by atoms with Crippen molar-refractivity contribution in [2.45, 2.75) is 6.04 Å². The minimum absolute atomic E-state index is 0. The summed E-state index contributed by atoms with van der Waals surface area (Å²) < 4.78 is 0.771. The Kier molecular flexibility index (Phi) is 4.77. The van der Waals surface area contributed by atoms with Gasteiger partial charge in [0.25, 0.3) is 0 Å². The standard InChI is InChI=1S/C7H8ClNS.ClH/c1-2-5(9)6-3-4-7(8)10-6;/h2-5H,1,9H2;1H/t5-;/m0./s1. The van der Waals surface area contributed by atoms with Gasteiger partial charge in [0.05, 0.1) is 10.4 Å². The molecule has 0 bridgehead atoms. The smallest absolute Gasteiger partial charge is 0.0931 e. The zero-order valence-electron chi connectivity index (χ0n) is 5.79. The average molecular weight is 210 g/mol. The molecule has 1 atom stereocenters. The molecule has 0 saturated carbocycles. The maximum absolute atomic E-state index is 5.69. The largest absolute Gasteiger partial charge is 0.320 e. The van der Waals surface area contributed by atoms with Crippen LogP contribution in [-0.2, 0) is 0 Å². The van der Waals surface area contributed by atoms with Crippen LogP contribution in [-0.4, -0.2) is 0 Å². The molecular weight excluding hydrogens is 201 g/mol. The van der Waals surface area contributed by atoms with Crippen LogP contribution in [0.1, 0.15) is 10.9 Å². The second kappa shape index (κ2) is 4.78. The van der Waals surface area contributed by atoms with Gasteiger partial charge in [0.2, 0.25) is 0 Å². The van der Waals surface area contributed by atoms with Gasteiger partial charge in [0.15, 0.2) is 0 Å². The molecule has 0 amide bonds. The molecule has 1 aromatic heterocycles. The average Bonchev–Trinajstić information content (AvgIpc) is 2.34. The van der Waals surface area contributed by atoms with Crippen molar-refractivity contribution < 1.29 is 0 Å². The Morgan fingerprint density at radius 1 is 1.64 bits per heavy atom. The number of hydrogen-bond acceptors (Lipinski definition) is 2. The lowest BCUT2D eigenvalue weighted by molar-refractivity contribution is 0.940. The molecule has 0 saturated heterocycles. The summed E-state index contributed by atoms with van der Waals surface area (Å²) in [5.74, 6) is 0. The van der Waals surface area contributed by atoms with Gasteiger partial charge in [-0.15, -0.1) is 30.3 Å². The number of halogens is 2. The number of rotatable bonds is 2. The van der Waals surface area contributed by atoms with Crippen LogP contribution in [0, 0.1) is 0 Å². The number of nitrogens with two attached hydrogens (primary N) is 1.